The molecule has 0 saturated carbocycles. The topological polar surface area (TPSA) is 70.9 Å². The molecule has 1 aromatic carbocycles. The smallest absolute Gasteiger partial charge is 0.339 e. The first-order chi connectivity index (χ1) is 9.52. The van der Waals surface area contributed by atoms with E-state index < -0.39 is 5.97 Å². The second-order valence-corrected chi connectivity index (χ2v) is 5.02. The summed E-state index contributed by atoms with van der Waals surface area (Å²) in [7, 11) is 1.92. The van der Waals surface area contributed by atoms with Gasteiger partial charge in [-0.15, -0.1) is 0 Å². The Balaban J connectivity index is 2.45. The molecule has 5 nitrogen and oxygen atoms in total. The fourth-order valence-electron chi connectivity index (χ4n) is 2.51. The van der Waals surface area contributed by atoms with Crippen molar-refractivity contribution in [3.05, 3.63) is 40.7 Å². The van der Waals surface area contributed by atoms with Crippen molar-refractivity contribution in [2.75, 3.05) is 0 Å². The van der Waals surface area contributed by atoms with Crippen LogP contribution in [0, 0.1) is 6.92 Å². The van der Waals surface area contributed by atoms with E-state index >= 15 is 0 Å². The quantitative estimate of drug-likeness (QED) is 0.761. The molecule has 102 valence electrons. The number of rotatable bonds is 2. The predicted octanol–water partition coefficient (Wildman–Crippen LogP) is 3.23. The maximum atomic E-state index is 11.3. The number of aromatic amines is 1. The van der Waals surface area contributed by atoms with Gasteiger partial charge in [-0.05, 0) is 19.1 Å². The van der Waals surface area contributed by atoms with Crippen molar-refractivity contribution in [2.24, 2.45) is 7.05 Å². The zero-order chi connectivity index (χ0) is 14.4. The molecule has 0 radical (unpaired) electrons. The van der Waals surface area contributed by atoms with Gasteiger partial charge in [-0.25, -0.2) is 4.79 Å². The van der Waals surface area contributed by atoms with Crippen LogP contribution < -0.4 is 0 Å². The van der Waals surface area contributed by atoms with Crippen molar-refractivity contribution in [3.63, 3.8) is 0 Å². The van der Waals surface area contributed by atoms with Gasteiger partial charge >= 0.3 is 5.97 Å². The lowest BCUT2D eigenvalue weighted by atomic mass is 10.0. The van der Waals surface area contributed by atoms with Crippen molar-refractivity contribution >= 4 is 28.5 Å². The minimum Gasteiger partial charge on any atom is -0.478 e. The second-order valence-electron chi connectivity index (χ2n) is 4.62. The summed E-state index contributed by atoms with van der Waals surface area (Å²) in [4.78, 5) is 11.3. The van der Waals surface area contributed by atoms with E-state index in [4.69, 9.17) is 11.6 Å². The predicted molar refractivity (Wildman–Crippen MR) is 77.2 cm³/mol. The lowest BCUT2D eigenvalue weighted by molar-refractivity contribution is 0.0698. The van der Waals surface area contributed by atoms with E-state index in [1.165, 1.54) is 6.20 Å². The number of carboxylic acid groups (broad SMARTS) is 1. The normalized spacial score (nSPS) is 11.2. The summed E-state index contributed by atoms with van der Waals surface area (Å²) in [5, 5.41) is 17.3. The molecule has 0 aliphatic rings. The minimum absolute atomic E-state index is 0.139. The number of aromatic nitrogens is 3. The number of aromatic carboxylic acids is 1. The Hall–Kier alpha value is -2.27. The number of nitrogens with zero attached hydrogens (tertiary/aromatic N) is 2. The molecular formula is C14H12ClN3O2. The molecule has 3 aromatic rings. The summed E-state index contributed by atoms with van der Waals surface area (Å²) in [5.74, 6) is -1.02. The highest BCUT2D eigenvalue weighted by Gasteiger charge is 2.22. The largest absolute Gasteiger partial charge is 0.478 e. The molecule has 20 heavy (non-hydrogen) atoms. The van der Waals surface area contributed by atoms with Crippen molar-refractivity contribution in [1.82, 2.24) is 14.8 Å². The molecular weight excluding hydrogens is 278 g/mol. The van der Waals surface area contributed by atoms with Crippen LogP contribution in [-0.4, -0.2) is 25.8 Å². The number of hydrogen-bond donors (Lipinski definition) is 2. The number of halogens is 1. The summed E-state index contributed by atoms with van der Waals surface area (Å²) >= 11 is 6.30. The summed E-state index contributed by atoms with van der Waals surface area (Å²) < 4.78 is 1.99. The number of carboxylic acids is 1. The van der Waals surface area contributed by atoms with Crippen molar-refractivity contribution in [3.8, 4) is 11.3 Å². The third kappa shape index (κ3) is 1.63. The second kappa shape index (κ2) is 4.38. The molecule has 2 N–H and O–H groups in total. The Bertz CT molecular complexity index is 832. The Labute approximate surface area is 119 Å². The van der Waals surface area contributed by atoms with Crippen molar-refractivity contribution in [2.45, 2.75) is 6.92 Å². The standard InChI is InChI=1S/C14H12ClN3O2/c1-7-11(13-8(14(19)20)6-16-17-13)12-9(15)4-3-5-10(12)18(7)2/h3-6H,1-2H3,(H,16,17)(H,19,20). The number of carbonyl (C=O) groups is 1. The molecule has 0 bridgehead atoms. The summed E-state index contributed by atoms with van der Waals surface area (Å²) in [5.41, 5.74) is 3.29. The van der Waals surface area contributed by atoms with Crippen LogP contribution in [0.2, 0.25) is 5.02 Å². The molecule has 3 rings (SSSR count). The van der Waals surface area contributed by atoms with Crippen LogP contribution in [0.1, 0.15) is 16.1 Å². The van der Waals surface area contributed by atoms with E-state index in [9.17, 15) is 9.90 Å². The number of nitrogens with one attached hydrogen (secondary N) is 1. The molecule has 0 spiro atoms. The third-order valence-corrected chi connectivity index (χ3v) is 3.90. The molecule has 0 atom stereocenters. The average Bonchev–Trinajstić information content (AvgIpc) is 2.97. The van der Waals surface area contributed by atoms with E-state index in [0.717, 1.165) is 22.2 Å². The van der Waals surface area contributed by atoms with E-state index in [-0.39, 0.29) is 5.56 Å². The molecule has 0 aliphatic carbocycles. The zero-order valence-electron chi connectivity index (χ0n) is 10.9. The maximum Gasteiger partial charge on any atom is 0.339 e. The highest BCUT2D eigenvalue weighted by Crippen LogP contribution is 2.38. The summed E-state index contributed by atoms with van der Waals surface area (Å²) in [6.45, 7) is 1.93. The van der Waals surface area contributed by atoms with E-state index in [0.29, 0.717) is 10.7 Å². The first-order valence-electron chi connectivity index (χ1n) is 6.03. The van der Waals surface area contributed by atoms with Crippen molar-refractivity contribution in [1.29, 1.82) is 0 Å². The van der Waals surface area contributed by atoms with Gasteiger partial charge in [-0.1, -0.05) is 17.7 Å². The van der Waals surface area contributed by atoms with Crippen LogP contribution in [-0.2, 0) is 7.05 Å². The van der Waals surface area contributed by atoms with E-state index in [1.807, 2.05) is 30.7 Å². The van der Waals surface area contributed by atoms with Crippen LogP contribution in [0.3, 0.4) is 0 Å². The fourth-order valence-corrected chi connectivity index (χ4v) is 2.78. The van der Waals surface area contributed by atoms with Gasteiger partial charge in [0, 0.05) is 23.7 Å². The number of H-pyrrole nitrogens is 1. The van der Waals surface area contributed by atoms with Crippen LogP contribution in [0.4, 0.5) is 0 Å². The van der Waals surface area contributed by atoms with Gasteiger partial charge in [-0.2, -0.15) is 5.10 Å². The Morgan fingerprint density at radius 3 is 2.90 bits per heavy atom. The number of benzene rings is 1. The highest BCUT2D eigenvalue weighted by molar-refractivity contribution is 6.36. The molecule has 0 unspecified atom stereocenters. The lowest BCUT2D eigenvalue weighted by Crippen LogP contribution is -1.98. The van der Waals surface area contributed by atoms with Crippen molar-refractivity contribution < 1.29 is 9.90 Å². The van der Waals surface area contributed by atoms with Gasteiger partial charge in [0.05, 0.1) is 22.4 Å². The summed E-state index contributed by atoms with van der Waals surface area (Å²) in [6, 6.07) is 5.62. The van der Waals surface area contributed by atoms with Gasteiger partial charge in [0.2, 0.25) is 0 Å². The van der Waals surface area contributed by atoms with Crippen LogP contribution in [0.5, 0.6) is 0 Å². The van der Waals surface area contributed by atoms with Gasteiger partial charge in [0.25, 0.3) is 0 Å². The van der Waals surface area contributed by atoms with E-state index in [2.05, 4.69) is 10.2 Å². The molecule has 6 heteroatoms. The van der Waals surface area contributed by atoms with Gasteiger partial charge in [-0.3, -0.25) is 5.10 Å². The molecule has 0 fully saturated rings. The average molecular weight is 290 g/mol. The number of aryl methyl sites for hydroxylation is 1. The third-order valence-electron chi connectivity index (χ3n) is 3.59. The molecule has 2 heterocycles. The van der Waals surface area contributed by atoms with Gasteiger partial charge in [0.1, 0.15) is 5.56 Å². The SMILES string of the molecule is Cc1c(-c2[nH]ncc2C(=O)O)c2c(Cl)cccc2n1C. The monoisotopic (exact) mass is 289 g/mol. The first-order valence-corrected chi connectivity index (χ1v) is 6.40. The number of fused-ring (bicyclic) bond motifs is 1. The van der Waals surface area contributed by atoms with Gasteiger partial charge in [0.15, 0.2) is 0 Å². The fraction of sp³-hybridized carbons (Fsp3) is 0.143. The minimum atomic E-state index is -1.02. The first kappa shape index (κ1) is 12.7. The molecule has 0 aliphatic heterocycles. The molecule has 2 aromatic heterocycles. The lowest BCUT2D eigenvalue weighted by Gasteiger charge is -2.02. The Kier molecular flexibility index (Phi) is 2.79. The molecule has 0 saturated heterocycles. The van der Waals surface area contributed by atoms with E-state index in [1.54, 1.807) is 6.07 Å². The highest BCUT2D eigenvalue weighted by atomic mass is 35.5. The van der Waals surface area contributed by atoms with Crippen LogP contribution >= 0.6 is 11.6 Å². The molecule has 0 amide bonds. The maximum absolute atomic E-state index is 11.3. The Morgan fingerprint density at radius 1 is 1.45 bits per heavy atom. The van der Waals surface area contributed by atoms with Gasteiger partial charge < -0.3 is 9.67 Å². The summed E-state index contributed by atoms with van der Waals surface area (Å²) in [6.07, 6.45) is 1.31. The van der Waals surface area contributed by atoms with Crippen LogP contribution in [0.25, 0.3) is 22.2 Å². The number of hydrogen-bond acceptors (Lipinski definition) is 2. The van der Waals surface area contributed by atoms with Crippen LogP contribution in [0.15, 0.2) is 24.4 Å². The zero-order valence-corrected chi connectivity index (χ0v) is 11.7. The Morgan fingerprint density at radius 2 is 2.20 bits per heavy atom.